The van der Waals surface area contributed by atoms with Crippen LogP contribution >= 0.6 is 0 Å². The number of hydrogen-bond acceptors (Lipinski definition) is 3. The van der Waals surface area contributed by atoms with E-state index < -0.39 is 5.92 Å². The monoisotopic (exact) mass is 232 g/mol. The highest BCUT2D eigenvalue weighted by atomic mass is 16.3. The lowest BCUT2D eigenvalue weighted by atomic mass is 9.99. The summed E-state index contributed by atoms with van der Waals surface area (Å²) in [6, 6.07) is 10.6. The van der Waals surface area contributed by atoms with E-state index >= 15 is 0 Å². The van der Waals surface area contributed by atoms with Crippen LogP contribution in [0.4, 0.5) is 0 Å². The summed E-state index contributed by atoms with van der Waals surface area (Å²) in [5.74, 6) is -1.18. The molecule has 0 aliphatic heterocycles. The molecule has 0 aliphatic carbocycles. The van der Waals surface area contributed by atoms with Crippen molar-refractivity contribution in [3.63, 3.8) is 0 Å². The largest absolute Gasteiger partial charge is 0.394 e. The maximum absolute atomic E-state index is 11.9. The van der Waals surface area contributed by atoms with Gasteiger partial charge in [-0.05, 0) is 12.0 Å². The third-order valence-corrected chi connectivity index (χ3v) is 2.58. The standard InChI is InChI=1S/C13H16N2O2/c1-2-11(9-16)15-13(17)12(8-14)10-6-4-3-5-7-10/h3-7,11-12,16H,2,9H2,1H3,(H,15,17). The molecule has 1 amide bonds. The van der Waals surface area contributed by atoms with Crippen molar-refractivity contribution in [2.24, 2.45) is 0 Å². The number of nitrogens with zero attached hydrogens (tertiary/aromatic N) is 1. The van der Waals surface area contributed by atoms with E-state index in [1.807, 2.05) is 19.1 Å². The molecule has 1 aromatic rings. The van der Waals surface area contributed by atoms with Gasteiger partial charge < -0.3 is 10.4 Å². The molecule has 0 spiro atoms. The van der Waals surface area contributed by atoms with E-state index in [-0.39, 0.29) is 18.6 Å². The number of nitrogens with one attached hydrogen (secondary N) is 1. The molecule has 0 fully saturated rings. The minimum Gasteiger partial charge on any atom is -0.394 e. The van der Waals surface area contributed by atoms with Gasteiger partial charge in [-0.3, -0.25) is 4.79 Å². The topological polar surface area (TPSA) is 73.1 Å². The first-order chi connectivity index (χ1) is 8.22. The zero-order chi connectivity index (χ0) is 12.7. The second-order valence-corrected chi connectivity index (χ2v) is 3.77. The Morgan fingerprint density at radius 3 is 2.59 bits per heavy atom. The second kappa shape index (κ2) is 6.66. The summed E-state index contributed by atoms with van der Waals surface area (Å²) in [7, 11) is 0. The fourth-order valence-electron chi connectivity index (χ4n) is 1.49. The van der Waals surface area contributed by atoms with Crippen molar-refractivity contribution < 1.29 is 9.90 Å². The molecule has 0 radical (unpaired) electrons. The summed E-state index contributed by atoms with van der Waals surface area (Å²) in [6.45, 7) is 1.75. The van der Waals surface area contributed by atoms with Crippen LogP contribution in [-0.4, -0.2) is 23.7 Å². The molecule has 2 atom stereocenters. The molecule has 2 unspecified atom stereocenters. The van der Waals surface area contributed by atoms with Crippen molar-refractivity contribution in [2.45, 2.75) is 25.3 Å². The van der Waals surface area contributed by atoms with Gasteiger partial charge in [-0.2, -0.15) is 5.26 Å². The Morgan fingerprint density at radius 2 is 2.12 bits per heavy atom. The van der Waals surface area contributed by atoms with E-state index in [4.69, 9.17) is 10.4 Å². The van der Waals surface area contributed by atoms with Gasteiger partial charge in [-0.1, -0.05) is 37.3 Å². The Bertz CT molecular complexity index is 394. The van der Waals surface area contributed by atoms with Crippen LogP contribution in [0, 0.1) is 11.3 Å². The average Bonchev–Trinajstić information content (AvgIpc) is 2.38. The summed E-state index contributed by atoms with van der Waals surface area (Å²) in [6.07, 6.45) is 0.634. The predicted octanol–water partition coefficient (Wildman–Crippen LogP) is 1.18. The number of benzene rings is 1. The molecule has 0 aliphatic rings. The Labute approximate surface area is 101 Å². The first kappa shape index (κ1) is 13.2. The van der Waals surface area contributed by atoms with E-state index in [0.29, 0.717) is 12.0 Å². The minimum absolute atomic E-state index is 0.116. The van der Waals surface area contributed by atoms with Gasteiger partial charge in [0.05, 0.1) is 18.7 Å². The van der Waals surface area contributed by atoms with Crippen LogP contribution in [-0.2, 0) is 4.79 Å². The van der Waals surface area contributed by atoms with Crippen LogP contribution in [0.5, 0.6) is 0 Å². The fourth-order valence-corrected chi connectivity index (χ4v) is 1.49. The highest BCUT2D eigenvalue weighted by Crippen LogP contribution is 2.14. The Balaban J connectivity index is 2.76. The van der Waals surface area contributed by atoms with Crippen LogP contribution in [0.2, 0.25) is 0 Å². The number of carbonyl (C=O) groups excluding carboxylic acids is 1. The third-order valence-electron chi connectivity index (χ3n) is 2.58. The molecule has 17 heavy (non-hydrogen) atoms. The van der Waals surface area contributed by atoms with E-state index in [1.54, 1.807) is 24.3 Å². The predicted molar refractivity (Wildman–Crippen MR) is 64.1 cm³/mol. The van der Waals surface area contributed by atoms with Crippen LogP contribution in [0.15, 0.2) is 30.3 Å². The maximum Gasteiger partial charge on any atom is 0.242 e. The minimum atomic E-state index is -0.822. The Hall–Kier alpha value is -1.86. The SMILES string of the molecule is CCC(CO)NC(=O)C(C#N)c1ccccc1. The number of aliphatic hydroxyl groups is 1. The van der Waals surface area contributed by atoms with Gasteiger partial charge in [-0.15, -0.1) is 0 Å². The summed E-state index contributed by atoms with van der Waals surface area (Å²) in [4.78, 5) is 11.9. The van der Waals surface area contributed by atoms with Gasteiger partial charge in [0, 0.05) is 0 Å². The van der Waals surface area contributed by atoms with Crippen molar-refractivity contribution in [2.75, 3.05) is 6.61 Å². The second-order valence-electron chi connectivity index (χ2n) is 3.77. The van der Waals surface area contributed by atoms with E-state index in [2.05, 4.69) is 5.32 Å². The molecule has 0 heterocycles. The van der Waals surface area contributed by atoms with Crippen molar-refractivity contribution >= 4 is 5.91 Å². The van der Waals surface area contributed by atoms with Crippen LogP contribution in [0.3, 0.4) is 0 Å². The molecule has 2 N–H and O–H groups in total. The van der Waals surface area contributed by atoms with Crippen molar-refractivity contribution in [1.82, 2.24) is 5.32 Å². The van der Waals surface area contributed by atoms with Gasteiger partial charge in [-0.25, -0.2) is 0 Å². The molecule has 90 valence electrons. The van der Waals surface area contributed by atoms with E-state index in [1.165, 1.54) is 0 Å². The number of nitriles is 1. The van der Waals surface area contributed by atoms with Crippen LogP contribution in [0.25, 0.3) is 0 Å². The summed E-state index contributed by atoms with van der Waals surface area (Å²) in [5.41, 5.74) is 0.667. The van der Waals surface area contributed by atoms with Crippen molar-refractivity contribution in [1.29, 1.82) is 5.26 Å². The first-order valence-electron chi connectivity index (χ1n) is 5.58. The van der Waals surface area contributed by atoms with Crippen LogP contribution in [0.1, 0.15) is 24.8 Å². The van der Waals surface area contributed by atoms with Crippen molar-refractivity contribution in [3.8, 4) is 6.07 Å². The zero-order valence-electron chi connectivity index (χ0n) is 9.76. The van der Waals surface area contributed by atoms with Gasteiger partial charge in [0.1, 0.15) is 5.92 Å². The molecule has 0 saturated heterocycles. The van der Waals surface area contributed by atoms with E-state index in [9.17, 15) is 4.79 Å². The molecule has 0 bridgehead atoms. The van der Waals surface area contributed by atoms with Gasteiger partial charge in [0.2, 0.25) is 5.91 Å². The molecular formula is C13H16N2O2. The van der Waals surface area contributed by atoms with Crippen LogP contribution < -0.4 is 5.32 Å². The number of carbonyl (C=O) groups is 1. The summed E-state index contributed by atoms with van der Waals surface area (Å²) in [5, 5.41) is 20.7. The quantitative estimate of drug-likeness (QED) is 0.800. The number of aliphatic hydroxyl groups excluding tert-OH is 1. The molecular weight excluding hydrogens is 216 g/mol. The molecule has 1 aromatic carbocycles. The van der Waals surface area contributed by atoms with Gasteiger partial charge in [0.15, 0.2) is 0 Å². The third kappa shape index (κ3) is 3.58. The smallest absolute Gasteiger partial charge is 0.242 e. The number of hydrogen-bond donors (Lipinski definition) is 2. The lowest BCUT2D eigenvalue weighted by Crippen LogP contribution is -2.39. The highest BCUT2D eigenvalue weighted by Gasteiger charge is 2.21. The lowest BCUT2D eigenvalue weighted by Gasteiger charge is -2.16. The molecule has 0 aromatic heterocycles. The molecule has 4 nitrogen and oxygen atoms in total. The molecule has 0 saturated carbocycles. The Kier molecular flexibility index (Phi) is 5.18. The van der Waals surface area contributed by atoms with Gasteiger partial charge >= 0.3 is 0 Å². The fraction of sp³-hybridized carbons (Fsp3) is 0.385. The Morgan fingerprint density at radius 1 is 1.47 bits per heavy atom. The molecule has 4 heteroatoms. The lowest BCUT2D eigenvalue weighted by molar-refractivity contribution is -0.122. The zero-order valence-corrected chi connectivity index (χ0v) is 9.76. The average molecular weight is 232 g/mol. The van der Waals surface area contributed by atoms with Crippen molar-refractivity contribution in [3.05, 3.63) is 35.9 Å². The summed E-state index contributed by atoms with van der Waals surface area (Å²) >= 11 is 0. The maximum atomic E-state index is 11.9. The van der Waals surface area contributed by atoms with Gasteiger partial charge in [0.25, 0.3) is 0 Å². The number of rotatable bonds is 5. The first-order valence-corrected chi connectivity index (χ1v) is 5.58. The molecule has 1 rings (SSSR count). The number of amides is 1. The van der Waals surface area contributed by atoms with E-state index in [0.717, 1.165) is 0 Å². The highest BCUT2D eigenvalue weighted by molar-refractivity contribution is 5.86. The summed E-state index contributed by atoms with van der Waals surface area (Å²) < 4.78 is 0. The normalized spacial score (nSPS) is 13.5.